The molecule has 0 atom stereocenters. The van der Waals surface area contributed by atoms with Crippen LogP contribution in [0.25, 0.3) is 5.82 Å². The average Bonchev–Trinajstić information content (AvgIpc) is 3.34. The largest absolute Gasteiger partial charge is 0.339 e. The summed E-state index contributed by atoms with van der Waals surface area (Å²) in [5.41, 5.74) is 4.18. The lowest BCUT2D eigenvalue weighted by Crippen LogP contribution is -2.10. The number of carbonyl (C=O) groups is 1. The van der Waals surface area contributed by atoms with Crippen molar-refractivity contribution in [3.63, 3.8) is 0 Å². The van der Waals surface area contributed by atoms with Gasteiger partial charge in [-0.3, -0.25) is 4.79 Å². The van der Waals surface area contributed by atoms with Gasteiger partial charge in [-0.2, -0.15) is 16.4 Å². The van der Waals surface area contributed by atoms with Crippen LogP contribution >= 0.6 is 11.3 Å². The van der Waals surface area contributed by atoms with Gasteiger partial charge in [-0.1, -0.05) is 0 Å². The number of anilines is 3. The monoisotopic (exact) mass is 390 g/mol. The summed E-state index contributed by atoms with van der Waals surface area (Å²) in [5, 5.41) is 22.6. The summed E-state index contributed by atoms with van der Waals surface area (Å²) in [7, 11) is 0. The number of aromatic nitrogens is 4. The van der Waals surface area contributed by atoms with Crippen molar-refractivity contribution in [1.29, 1.82) is 0 Å². The van der Waals surface area contributed by atoms with E-state index >= 15 is 0 Å². The standard InChI is InChI=1S/C20H18N6OS/c1-13-11-14(2)26(25-13)19-8-7-18(23-24-19)21-16-3-5-17(6-4-16)22-20(27)15-9-10-28-12-15/h3-12H,1-2H3,(H,21,23)(H,22,27). The predicted octanol–water partition coefficient (Wildman–Crippen LogP) is 4.34. The van der Waals surface area contributed by atoms with Gasteiger partial charge in [-0.25, -0.2) is 4.68 Å². The SMILES string of the molecule is Cc1cc(C)n(-c2ccc(Nc3ccc(NC(=O)c4ccsc4)cc3)nn2)n1. The smallest absolute Gasteiger partial charge is 0.256 e. The molecule has 7 nitrogen and oxygen atoms in total. The fourth-order valence-electron chi connectivity index (χ4n) is 2.75. The van der Waals surface area contributed by atoms with Crippen molar-refractivity contribution in [1.82, 2.24) is 20.0 Å². The molecule has 4 rings (SSSR count). The molecule has 0 bridgehead atoms. The number of aryl methyl sites for hydroxylation is 2. The number of thiophene rings is 1. The molecule has 0 radical (unpaired) electrons. The molecule has 0 saturated carbocycles. The molecule has 28 heavy (non-hydrogen) atoms. The van der Waals surface area contributed by atoms with Gasteiger partial charge in [0.25, 0.3) is 5.91 Å². The number of amides is 1. The molecule has 0 unspecified atom stereocenters. The zero-order valence-corrected chi connectivity index (χ0v) is 16.2. The maximum absolute atomic E-state index is 12.1. The van der Waals surface area contributed by atoms with Gasteiger partial charge in [0.1, 0.15) is 0 Å². The number of hydrogen-bond acceptors (Lipinski definition) is 6. The third kappa shape index (κ3) is 3.91. The second-order valence-corrected chi connectivity index (χ2v) is 7.06. The number of benzene rings is 1. The highest BCUT2D eigenvalue weighted by atomic mass is 32.1. The van der Waals surface area contributed by atoms with Gasteiger partial charge in [-0.15, -0.1) is 10.2 Å². The molecule has 1 amide bonds. The molecule has 1 aromatic carbocycles. The van der Waals surface area contributed by atoms with Crippen molar-refractivity contribution in [2.24, 2.45) is 0 Å². The molecule has 0 aliphatic rings. The summed E-state index contributed by atoms with van der Waals surface area (Å²) in [5.74, 6) is 1.18. The van der Waals surface area contributed by atoms with Crippen LogP contribution in [-0.2, 0) is 0 Å². The molecule has 4 aromatic rings. The lowest BCUT2D eigenvalue weighted by atomic mass is 10.2. The van der Waals surface area contributed by atoms with Crippen LogP contribution in [0.15, 0.2) is 59.3 Å². The Labute approximate surface area is 166 Å². The van der Waals surface area contributed by atoms with Crippen molar-refractivity contribution < 1.29 is 4.79 Å². The van der Waals surface area contributed by atoms with Gasteiger partial charge >= 0.3 is 0 Å². The molecule has 8 heteroatoms. The highest BCUT2D eigenvalue weighted by molar-refractivity contribution is 7.08. The van der Waals surface area contributed by atoms with Crippen LogP contribution in [-0.4, -0.2) is 25.9 Å². The molecule has 0 aliphatic heterocycles. The molecule has 0 fully saturated rings. The molecule has 0 aliphatic carbocycles. The third-order valence-electron chi connectivity index (χ3n) is 4.08. The van der Waals surface area contributed by atoms with E-state index in [1.165, 1.54) is 11.3 Å². The highest BCUT2D eigenvalue weighted by Gasteiger charge is 2.07. The van der Waals surface area contributed by atoms with E-state index < -0.39 is 0 Å². The average molecular weight is 390 g/mol. The van der Waals surface area contributed by atoms with E-state index in [-0.39, 0.29) is 5.91 Å². The Balaban J connectivity index is 1.41. The molecule has 3 heterocycles. The first-order chi connectivity index (χ1) is 13.6. The third-order valence-corrected chi connectivity index (χ3v) is 4.76. The molecule has 2 N–H and O–H groups in total. The summed E-state index contributed by atoms with van der Waals surface area (Å²) in [4.78, 5) is 12.1. The van der Waals surface area contributed by atoms with Crippen molar-refractivity contribution >= 4 is 34.4 Å². The van der Waals surface area contributed by atoms with E-state index in [0.29, 0.717) is 17.2 Å². The lowest BCUT2D eigenvalue weighted by molar-refractivity contribution is 0.102. The summed E-state index contributed by atoms with van der Waals surface area (Å²) in [6.07, 6.45) is 0. The predicted molar refractivity (Wildman–Crippen MR) is 111 cm³/mol. The summed E-state index contributed by atoms with van der Waals surface area (Å²) in [6, 6.07) is 14.9. The van der Waals surface area contributed by atoms with Crippen LogP contribution in [0.1, 0.15) is 21.7 Å². The van der Waals surface area contributed by atoms with Crippen LogP contribution in [0.3, 0.4) is 0 Å². The van der Waals surface area contributed by atoms with Gasteiger partial charge in [0, 0.05) is 22.4 Å². The molecular weight excluding hydrogens is 372 g/mol. The van der Waals surface area contributed by atoms with Crippen LogP contribution in [0.4, 0.5) is 17.2 Å². The quantitative estimate of drug-likeness (QED) is 0.530. The molecular formula is C20H18N6OS. The van der Waals surface area contributed by atoms with Crippen molar-refractivity contribution in [2.75, 3.05) is 10.6 Å². The number of nitrogens with one attached hydrogen (secondary N) is 2. The first-order valence-electron chi connectivity index (χ1n) is 8.66. The summed E-state index contributed by atoms with van der Waals surface area (Å²) >= 11 is 1.49. The minimum absolute atomic E-state index is 0.118. The molecule has 3 aromatic heterocycles. The van der Waals surface area contributed by atoms with Crippen molar-refractivity contribution in [3.8, 4) is 5.82 Å². The van der Waals surface area contributed by atoms with Gasteiger partial charge < -0.3 is 10.6 Å². The van der Waals surface area contributed by atoms with Gasteiger partial charge in [0.05, 0.1) is 11.3 Å². The Hall–Kier alpha value is -3.52. The van der Waals surface area contributed by atoms with E-state index in [2.05, 4.69) is 25.9 Å². The normalized spacial score (nSPS) is 10.6. The Morgan fingerprint density at radius 3 is 2.39 bits per heavy atom. The zero-order chi connectivity index (χ0) is 19.5. The summed E-state index contributed by atoms with van der Waals surface area (Å²) in [6.45, 7) is 3.92. The number of rotatable bonds is 5. The zero-order valence-electron chi connectivity index (χ0n) is 15.4. The van der Waals surface area contributed by atoms with E-state index in [9.17, 15) is 4.79 Å². The van der Waals surface area contributed by atoms with Gasteiger partial charge in [0.2, 0.25) is 0 Å². The Bertz CT molecular complexity index is 1080. The van der Waals surface area contributed by atoms with Gasteiger partial charge in [0.15, 0.2) is 11.6 Å². The number of carbonyl (C=O) groups excluding carboxylic acids is 1. The summed E-state index contributed by atoms with van der Waals surface area (Å²) < 4.78 is 1.76. The van der Waals surface area contributed by atoms with Crippen LogP contribution in [0, 0.1) is 13.8 Å². The minimum atomic E-state index is -0.118. The first-order valence-corrected chi connectivity index (χ1v) is 9.61. The molecule has 0 spiro atoms. The minimum Gasteiger partial charge on any atom is -0.339 e. The maximum atomic E-state index is 12.1. The fraction of sp³-hybridized carbons (Fsp3) is 0.100. The van der Waals surface area contributed by atoms with Crippen LogP contribution in [0.5, 0.6) is 0 Å². The molecule has 0 saturated heterocycles. The van der Waals surface area contributed by atoms with E-state index in [1.54, 1.807) is 10.7 Å². The van der Waals surface area contributed by atoms with E-state index in [4.69, 9.17) is 0 Å². The number of nitrogens with zero attached hydrogens (tertiary/aromatic N) is 4. The second kappa shape index (κ2) is 7.61. The van der Waals surface area contributed by atoms with E-state index in [1.807, 2.05) is 67.1 Å². The van der Waals surface area contributed by atoms with E-state index in [0.717, 1.165) is 22.8 Å². The van der Waals surface area contributed by atoms with Crippen molar-refractivity contribution in [3.05, 3.63) is 76.2 Å². The Morgan fingerprint density at radius 2 is 1.79 bits per heavy atom. The lowest BCUT2D eigenvalue weighted by Gasteiger charge is -2.08. The first kappa shape index (κ1) is 17.9. The highest BCUT2D eigenvalue weighted by Crippen LogP contribution is 2.19. The van der Waals surface area contributed by atoms with Crippen LogP contribution < -0.4 is 10.6 Å². The maximum Gasteiger partial charge on any atom is 0.256 e. The Kier molecular flexibility index (Phi) is 4.86. The second-order valence-electron chi connectivity index (χ2n) is 6.28. The van der Waals surface area contributed by atoms with Gasteiger partial charge in [-0.05, 0) is 67.8 Å². The Morgan fingerprint density at radius 1 is 1.00 bits per heavy atom. The topological polar surface area (TPSA) is 84.7 Å². The van der Waals surface area contributed by atoms with Crippen LogP contribution in [0.2, 0.25) is 0 Å². The number of hydrogen-bond donors (Lipinski definition) is 2. The molecule has 140 valence electrons. The van der Waals surface area contributed by atoms with Crippen molar-refractivity contribution in [2.45, 2.75) is 13.8 Å². The fourth-order valence-corrected chi connectivity index (χ4v) is 3.38.